The SMILES string of the molecule is CC(N)(C[C@@H](Cc1c[nH]c2ccccc12)c1nnc(CCc2c[nH]c3ccccc23)n1-c1ccccc1)C(N)=O. The predicted octanol–water partition coefficient (Wildman–Crippen LogP) is 4.93. The minimum absolute atomic E-state index is 0.212. The van der Waals surface area contributed by atoms with Crippen molar-refractivity contribution in [3.8, 4) is 5.69 Å². The minimum Gasteiger partial charge on any atom is -0.368 e. The lowest BCUT2D eigenvalue weighted by atomic mass is 9.84. The topological polar surface area (TPSA) is 131 Å². The number of H-pyrrole nitrogens is 2. The number of carbonyl (C=O) groups is 1. The Morgan fingerprint density at radius 3 is 2.12 bits per heavy atom. The van der Waals surface area contributed by atoms with Crippen molar-refractivity contribution in [3.05, 3.63) is 114 Å². The van der Waals surface area contributed by atoms with Crippen molar-refractivity contribution < 1.29 is 4.79 Å². The van der Waals surface area contributed by atoms with E-state index in [1.807, 2.05) is 42.6 Å². The molecule has 0 saturated carbocycles. The van der Waals surface area contributed by atoms with Crippen molar-refractivity contribution >= 4 is 27.7 Å². The predicted molar refractivity (Wildman–Crippen MR) is 158 cm³/mol. The van der Waals surface area contributed by atoms with Gasteiger partial charge in [0.05, 0.1) is 5.54 Å². The van der Waals surface area contributed by atoms with E-state index >= 15 is 0 Å². The second-order valence-electron chi connectivity index (χ2n) is 10.8. The fourth-order valence-corrected chi connectivity index (χ4v) is 5.63. The minimum atomic E-state index is -1.21. The number of fused-ring (bicyclic) bond motifs is 2. The summed E-state index contributed by atoms with van der Waals surface area (Å²) in [6.07, 6.45) is 6.54. The molecule has 0 aliphatic rings. The van der Waals surface area contributed by atoms with Gasteiger partial charge in [0.25, 0.3) is 0 Å². The van der Waals surface area contributed by atoms with Crippen molar-refractivity contribution in [1.82, 2.24) is 24.7 Å². The molecule has 0 bridgehead atoms. The first-order valence-corrected chi connectivity index (χ1v) is 13.6. The summed E-state index contributed by atoms with van der Waals surface area (Å²) in [4.78, 5) is 19.1. The molecule has 0 fully saturated rings. The first kappa shape index (κ1) is 25.6. The van der Waals surface area contributed by atoms with Crippen LogP contribution < -0.4 is 11.5 Å². The van der Waals surface area contributed by atoms with Crippen LogP contribution >= 0.6 is 0 Å². The molecule has 0 radical (unpaired) electrons. The number of hydrogen-bond acceptors (Lipinski definition) is 4. The highest BCUT2D eigenvalue weighted by molar-refractivity contribution is 5.85. The van der Waals surface area contributed by atoms with Crippen LogP contribution in [-0.2, 0) is 24.1 Å². The summed E-state index contributed by atoms with van der Waals surface area (Å²) in [5.41, 5.74) is 16.5. The Morgan fingerprint density at radius 2 is 1.45 bits per heavy atom. The summed E-state index contributed by atoms with van der Waals surface area (Å²) in [6, 6.07) is 26.6. The van der Waals surface area contributed by atoms with Gasteiger partial charge in [0.15, 0.2) is 0 Å². The number of carbonyl (C=O) groups excluding carboxylic acids is 1. The molecular formula is C32H33N7O. The summed E-state index contributed by atoms with van der Waals surface area (Å²) in [7, 11) is 0. The largest absolute Gasteiger partial charge is 0.368 e. The standard InChI is InChI=1S/C32H33N7O/c1-32(34,31(33)40)18-22(17-23-20-36-28-14-8-6-12-26(23)28)30-38-37-29(39(30)24-9-3-2-4-10-24)16-15-21-19-35-27-13-7-5-11-25(21)27/h2-14,19-20,22,35-36H,15-18,34H2,1H3,(H2,33,40)/t22-,32?/m1/s1. The van der Waals surface area contributed by atoms with Crippen molar-refractivity contribution in [2.75, 3.05) is 0 Å². The normalized spacial score (nSPS) is 13.9. The summed E-state index contributed by atoms with van der Waals surface area (Å²) >= 11 is 0. The molecule has 0 aliphatic heterocycles. The number of hydrogen-bond donors (Lipinski definition) is 4. The number of aromatic amines is 2. The monoisotopic (exact) mass is 531 g/mol. The third-order valence-corrected chi connectivity index (χ3v) is 7.80. The van der Waals surface area contributed by atoms with E-state index in [2.05, 4.69) is 63.2 Å². The van der Waals surface area contributed by atoms with Crippen LogP contribution in [0.15, 0.2) is 91.3 Å². The van der Waals surface area contributed by atoms with E-state index in [9.17, 15) is 4.79 Å². The van der Waals surface area contributed by atoms with Gasteiger partial charge in [-0.05, 0) is 61.6 Å². The van der Waals surface area contributed by atoms with Crippen molar-refractivity contribution in [1.29, 1.82) is 0 Å². The van der Waals surface area contributed by atoms with Gasteiger partial charge in [0, 0.05) is 52.2 Å². The van der Waals surface area contributed by atoms with Crippen LogP contribution in [0, 0.1) is 0 Å². The van der Waals surface area contributed by atoms with Crippen LogP contribution in [0.2, 0.25) is 0 Å². The third-order valence-electron chi connectivity index (χ3n) is 7.80. The molecule has 3 heterocycles. The maximum atomic E-state index is 12.3. The number of benzene rings is 3. The molecule has 3 aromatic heterocycles. The lowest BCUT2D eigenvalue weighted by molar-refractivity contribution is -0.122. The highest BCUT2D eigenvalue weighted by Gasteiger charge is 2.34. The van der Waals surface area contributed by atoms with Crippen LogP contribution in [0.25, 0.3) is 27.5 Å². The molecule has 6 rings (SSSR count). The van der Waals surface area contributed by atoms with Crippen molar-refractivity contribution in [2.45, 2.75) is 44.1 Å². The molecule has 6 aromatic rings. The average Bonchev–Trinajstić information content (AvgIpc) is 3.69. The summed E-state index contributed by atoms with van der Waals surface area (Å²) in [6.45, 7) is 1.69. The van der Waals surface area contributed by atoms with Crippen LogP contribution in [-0.4, -0.2) is 36.2 Å². The van der Waals surface area contributed by atoms with Gasteiger partial charge < -0.3 is 21.4 Å². The molecule has 8 nitrogen and oxygen atoms in total. The van der Waals surface area contributed by atoms with Crippen LogP contribution in [0.1, 0.15) is 42.0 Å². The zero-order valence-electron chi connectivity index (χ0n) is 22.5. The van der Waals surface area contributed by atoms with E-state index in [1.54, 1.807) is 6.92 Å². The van der Waals surface area contributed by atoms with Gasteiger partial charge in [-0.15, -0.1) is 10.2 Å². The summed E-state index contributed by atoms with van der Waals surface area (Å²) in [5, 5.41) is 11.8. The summed E-state index contributed by atoms with van der Waals surface area (Å²) in [5.74, 6) is 0.870. The van der Waals surface area contributed by atoms with Gasteiger partial charge in [-0.2, -0.15) is 0 Å². The second kappa shape index (κ2) is 10.5. The van der Waals surface area contributed by atoms with Gasteiger partial charge in [-0.3, -0.25) is 9.36 Å². The zero-order chi connectivity index (χ0) is 27.7. The molecule has 3 aromatic carbocycles. The molecule has 2 atom stereocenters. The number of nitrogens with zero attached hydrogens (tertiary/aromatic N) is 3. The molecule has 6 N–H and O–H groups in total. The van der Waals surface area contributed by atoms with Crippen molar-refractivity contribution in [2.24, 2.45) is 11.5 Å². The fraction of sp³-hybridized carbons (Fsp3) is 0.219. The van der Waals surface area contributed by atoms with Gasteiger partial charge in [0.2, 0.25) is 5.91 Å². The zero-order valence-corrected chi connectivity index (χ0v) is 22.5. The highest BCUT2D eigenvalue weighted by Crippen LogP contribution is 2.33. The molecule has 1 amide bonds. The van der Waals surface area contributed by atoms with Crippen molar-refractivity contribution in [3.63, 3.8) is 0 Å². The van der Waals surface area contributed by atoms with Gasteiger partial charge in [-0.25, -0.2) is 0 Å². The number of nitrogens with two attached hydrogens (primary N) is 2. The Kier molecular flexibility index (Phi) is 6.69. The number of amides is 1. The van der Waals surface area contributed by atoms with E-state index in [0.717, 1.165) is 45.7 Å². The molecule has 0 saturated heterocycles. The Balaban J connectivity index is 1.41. The Hall–Kier alpha value is -4.69. The van der Waals surface area contributed by atoms with E-state index in [0.29, 0.717) is 19.3 Å². The number of para-hydroxylation sites is 3. The Labute approximate surface area is 232 Å². The molecule has 0 spiro atoms. The van der Waals surface area contributed by atoms with E-state index in [1.165, 1.54) is 10.9 Å². The smallest absolute Gasteiger partial charge is 0.237 e. The first-order valence-electron chi connectivity index (χ1n) is 13.6. The molecule has 202 valence electrons. The second-order valence-corrected chi connectivity index (χ2v) is 10.8. The number of aryl methyl sites for hydroxylation is 2. The van der Waals surface area contributed by atoms with Gasteiger partial charge >= 0.3 is 0 Å². The number of rotatable bonds is 10. The highest BCUT2D eigenvalue weighted by atomic mass is 16.1. The fourth-order valence-electron chi connectivity index (χ4n) is 5.63. The molecule has 8 heteroatoms. The van der Waals surface area contributed by atoms with E-state index < -0.39 is 11.4 Å². The van der Waals surface area contributed by atoms with Crippen LogP contribution in [0.3, 0.4) is 0 Å². The molecule has 0 aliphatic carbocycles. The molecule has 1 unspecified atom stereocenters. The lowest BCUT2D eigenvalue weighted by Crippen LogP contribution is -2.50. The Morgan fingerprint density at radius 1 is 0.850 bits per heavy atom. The van der Waals surface area contributed by atoms with Crippen LogP contribution in [0.5, 0.6) is 0 Å². The van der Waals surface area contributed by atoms with E-state index in [4.69, 9.17) is 21.7 Å². The van der Waals surface area contributed by atoms with Crippen LogP contribution in [0.4, 0.5) is 0 Å². The number of aromatic nitrogens is 5. The van der Waals surface area contributed by atoms with Gasteiger partial charge in [0.1, 0.15) is 11.6 Å². The quantitative estimate of drug-likeness (QED) is 0.199. The Bertz CT molecular complexity index is 1780. The molecular weight excluding hydrogens is 498 g/mol. The average molecular weight is 532 g/mol. The number of primary amides is 1. The maximum absolute atomic E-state index is 12.3. The lowest BCUT2D eigenvalue weighted by Gasteiger charge is -2.27. The summed E-state index contributed by atoms with van der Waals surface area (Å²) < 4.78 is 2.13. The maximum Gasteiger partial charge on any atom is 0.237 e. The molecule has 40 heavy (non-hydrogen) atoms. The third kappa shape index (κ3) is 4.89. The van der Waals surface area contributed by atoms with Gasteiger partial charge in [-0.1, -0.05) is 54.6 Å². The first-order chi connectivity index (χ1) is 19.4. The number of nitrogens with one attached hydrogen (secondary N) is 2. The van der Waals surface area contributed by atoms with E-state index in [-0.39, 0.29) is 5.92 Å².